The van der Waals surface area contributed by atoms with Crippen molar-refractivity contribution in [3.8, 4) is 0 Å². The highest BCUT2D eigenvalue weighted by Gasteiger charge is 2.29. The Morgan fingerprint density at radius 3 is 2.43 bits per heavy atom. The lowest BCUT2D eigenvalue weighted by atomic mass is 9.97. The van der Waals surface area contributed by atoms with Crippen LogP contribution < -0.4 is 10.5 Å². The van der Waals surface area contributed by atoms with Crippen LogP contribution in [-0.4, -0.2) is 54.2 Å². The average Bonchev–Trinajstić information content (AvgIpc) is 3.06. The van der Waals surface area contributed by atoms with Gasteiger partial charge in [-0.15, -0.1) is 11.3 Å². The van der Waals surface area contributed by atoms with Gasteiger partial charge in [-0.05, 0) is 52.0 Å². The largest absolute Gasteiger partial charge is 0.339 e. The number of sulfonamides is 1. The molecule has 3 heterocycles. The second kappa shape index (κ2) is 7.42. The van der Waals surface area contributed by atoms with Gasteiger partial charge in [0, 0.05) is 37.1 Å². The third-order valence-corrected chi connectivity index (χ3v) is 8.87. The van der Waals surface area contributed by atoms with E-state index in [1.807, 2.05) is 13.8 Å². The Balaban J connectivity index is 1.75. The topological polar surface area (TPSA) is 75.5 Å². The lowest BCUT2D eigenvalue weighted by molar-refractivity contribution is 0.379. The molecule has 0 radical (unpaired) electrons. The first kappa shape index (κ1) is 19.8. The van der Waals surface area contributed by atoms with Gasteiger partial charge in [0.15, 0.2) is 0 Å². The predicted molar refractivity (Wildman–Crippen MR) is 114 cm³/mol. The second-order valence-electron chi connectivity index (χ2n) is 7.86. The maximum absolute atomic E-state index is 13.4. The summed E-state index contributed by atoms with van der Waals surface area (Å²) >= 11 is 1.66. The molecule has 7 nitrogen and oxygen atoms in total. The summed E-state index contributed by atoms with van der Waals surface area (Å²) in [5, 5.41) is 0.810. The fourth-order valence-corrected chi connectivity index (χ4v) is 6.58. The zero-order valence-electron chi connectivity index (χ0n) is 16.8. The number of rotatable bonds is 4. The van der Waals surface area contributed by atoms with Crippen molar-refractivity contribution in [2.75, 3.05) is 36.8 Å². The second-order valence-corrected chi connectivity index (χ2v) is 11.2. The third kappa shape index (κ3) is 3.27. The molecular weight excluding hydrogens is 396 g/mol. The molecular formula is C19H28N4O3S2. The molecule has 1 fully saturated rings. The van der Waals surface area contributed by atoms with Gasteiger partial charge in [0.05, 0.1) is 11.1 Å². The van der Waals surface area contributed by atoms with Gasteiger partial charge in [0.1, 0.15) is 4.83 Å². The van der Waals surface area contributed by atoms with E-state index in [9.17, 15) is 13.2 Å². The molecule has 0 aromatic carbocycles. The van der Waals surface area contributed by atoms with Crippen molar-refractivity contribution in [1.29, 1.82) is 0 Å². The molecule has 2 aromatic rings. The standard InChI is InChI=1S/C19H28N4O3S2/c1-4-28(25,26)22-11-9-21(10-12-22)19-20-17-16(18(24)23(19)13(2)3)14-7-5-6-8-15(14)27-17/h13H,4-12H2,1-3H3. The summed E-state index contributed by atoms with van der Waals surface area (Å²) in [5.74, 6) is 0.800. The van der Waals surface area contributed by atoms with Crippen molar-refractivity contribution in [2.45, 2.75) is 52.5 Å². The van der Waals surface area contributed by atoms with E-state index in [0.717, 1.165) is 29.5 Å². The first-order valence-electron chi connectivity index (χ1n) is 10.1. The number of hydrogen-bond donors (Lipinski definition) is 0. The molecule has 0 bridgehead atoms. The normalized spacial score (nSPS) is 18.8. The summed E-state index contributed by atoms with van der Waals surface area (Å²) in [4.78, 5) is 22.6. The summed E-state index contributed by atoms with van der Waals surface area (Å²) in [6, 6.07) is -0.00375. The Kier molecular flexibility index (Phi) is 5.26. The predicted octanol–water partition coefficient (Wildman–Crippen LogP) is 2.39. The van der Waals surface area contributed by atoms with E-state index in [0.29, 0.717) is 32.1 Å². The summed E-state index contributed by atoms with van der Waals surface area (Å²) < 4.78 is 27.6. The van der Waals surface area contributed by atoms with Crippen LogP contribution in [0.5, 0.6) is 0 Å². The molecule has 0 N–H and O–H groups in total. The van der Waals surface area contributed by atoms with Gasteiger partial charge in [-0.1, -0.05) is 0 Å². The number of nitrogens with zero attached hydrogens (tertiary/aromatic N) is 4. The number of aryl methyl sites for hydroxylation is 2. The Morgan fingerprint density at radius 1 is 1.11 bits per heavy atom. The molecule has 28 heavy (non-hydrogen) atoms. The van der Waals surface area contributed by atoms with E-state index < -0.39 is 10.0 Å². The van der Waals surface area contributed by atoms with Crippen LogP contribution in [0.25, 0.3) is 10.2 Å². The summed E-state index contributed by atoms with van der Waals surface area (Å²) in [5.41, 5.74) is 1.27. The molecule has 1 saturated heterocycles. The molecule has 2 aromatic heterocycles. The molecule has 1 aliphatic carbocycles. The molecule has 9 heteroatoms. The maximum atomic E-state index is 13.4. The summed E-state index contributed by atoms with van der Waals surface area (Å²) in [7, 11) is -3.18. The highest BCUT2D eigenvalue weighted by molar-refractivity contribution is 7.89. The van der Waals surface area contributed by atoms with Gasteiger partial charge in [-0.25, -0.2) is 13.4 Å². The minimum atomic E-state index is -3.18. The summed E-state index contributed by atoms with van der Waals surface area (Å²) in [6.45, 7) is 7.66. The Bertz CT molecular complexity index is 1050. The molecule has 4 rings (SSSR count). The molecule has 1 aliphatic heterocycles. The molecule has 154 valence electrons. The number of aromatic nitrogens is 2. The fraction of sp³-hybridized carbons (Fsp3) is 0.684. The molecule has 2 aliphatic rings. The summed E-state index contributed by atoms with van der Waals surface area (Å²) in [6.07, 6.45) is 4.33. The minimum absolute atomic E-state index is 0.00375. The molecule has 0 amide bonds. The Morgan fingerprint density at radius 2 is 1.79 bits per heavy atom. The quantitative estimate of drug-likeness (QED) is 0.753. The maximum Gasteiger partial charge on any atom is 0.264 e. The van der Waals surface area contributed by atoms with Gasteiger partial charge in [0.2, 0.25) is 16.0 Å². The van der Waals surface area contributed by atoms with E-state index in [2.05, 4.69) is 4.90 Å². The number of hydrogen-bond acceptors (Lipinski definition) is 6. The van der Waals surface area contributed by atoms with Crippen molar-refractivity contribution in [1.82, 2.24) is 13.9 Å². The third-order valence-electron chi connectivity index (χ3n) is 5.80. The zero-order chi connectivity index (χ0) is 20.1. The Hall–Kier alpha value is -1.45. The van der Waals surface area contributed by atoms with Crippen LogP contribution in [0.1, 0.15) is 50.1 Å². The highest BCUT2D eigenvalue weighted by Crippen LogP contribution is 2.35. The van der Waals surface area contributed by atoms with Crippen LogP contribution in [0, 0.1) is 0 Å². The van der Waals surface area contributed by atoms with Crippen molar-refractivity contribution in [3.63, 3.8) is 0 Å². The molecule has 0 spiro atoms. The van der Waals surface area contributed by atoms with Gasteiger partial charge in [-0.3, -0.25) is 9.36 Å². The van der Waals surface area contributed by atoms with Gasteiger partial charge >= 0.3 is 0 Å². The fourth-order valence-electron chi connectivity index (χ4n) is 4.24. The van der Waals surface area contributed by atoms with Crippen molar-refractivity contribution >= 4 is 37.5 Å². The monoisotopic (exact) mass is 424 g/mol. The lowest BCUT2D eigenvalue weighted by Crippen LogP contribution is -2.50. The minimum Gasteiger partial charge on any atom is -0.339 e. The van der Waals surface area contributed by atoms with Crippen molar-refractivity contribution < 1.29 is 8.42 Å². The highest BCUT2D eigenvalue weighted by atomic mass is 32.2. The number of piperazine rings is 1. The molecule has 0 saturated carbocycles. The first-order chi connectivity index (χ1) is 13.3. The molecule has 0 atom stereocenters. The van der Waals surface area contributed by atoms with Crippen LogP contribution in [-0.2, 0) is 22.9 Å². The van der Waals surface area contributed by atoms with E-state index in [1.54, 1.807) is 27.1 Å². The lowest BCUT2D eigenvalue weighted by Gasteiger charge is -2.35. The van der Waals surface area contributed by atoms with Crippen LogP contribution in [0.15, 0.2) is 4.79 Å². The van der Waals surface area contributed by atoms with E-state index in [1.165, 1.54) is 16.9 Å². The zero-order valence-corrected chi connectivity index (χ0v) is 18.4. The number of thiophene rings is 1. The van der Waals surface area contributed by atoms with Crippen LogP contribution in [0.4, 0.5) is 5.95 Å². The van der Waals surface area contributed by atoms with Gasteiger partial charge in [0.25, 0.3) is 5.56 Å². The van der Waals surface area contributed by atoms with Gasteiger partial charge in [-0.2, -0.15) is 4.31 Å². The first-order valence-corrected chi connectivity index (χ1v) is 12.6. The van der Waals surface area contributed by atoms with Crippen molar-refractivity contribution in [2.24, 2.45) is 0 Å². The van der Waals surface area contributed by atoms with Crippen LogP contribution in [0.3, 0.4) is 0 Å². The smallest absolute Gasteiger partial charge is 0.264 e. The van der Waals surface area contributed by atoms with E-state index >= 15 is 0 Å². The Labute approximate surface area is 170 Å². The molecule has 0 unspecified atom stereocenters. The van der Waals surface area contributed by atoms with E-state index in [-0.39, 0.29) is 17.4 Å². The van der Waals surface area contributed by atoms with Gasteiger partial charge < -0.3 is 4.90 Å². The van der Waals surface area contributed by atoms with Crippen LogP contribution in [0.2, 0.25) is 0 Å². The van der Waals surface area contributed by atoms with Crippen molar-refractivity contribution in [3.05, 3.63) is 20.8 Å². The SMILES string of the molecule is CCS(=O)(=O)N1CCN(c2nc3sc4c(c3c(=O)n2C(C)C)CCCC4)CC1. The average molecular weight is 425 g/mol. The number of fused-ring (bicyclic) bond motifs is 3. The van der Waals surface area contributed by atoms with Crippen LogP contribution >= 0.6 is 11.3 Å². The van der Waals surface area contributed by atoms with E-state index in [4.69, 9.17) is 4.98 Å². The number of anilines is 1.